The maximum absolute atomic E-state index is 12.5. The summed E-state index contributed by atoms with van der Waals surface area (Å²) in [6.07, 6.45) is 1.05. The van der Waals surface area contributed by atoms with Crippen LogP contribution in [0.4, 0.5) is 5.69 Å². The van der Waals surface area contributed by atoms with E-state index >= 15 is 0 Å². The molecule has 3 rings (SSSR count). The molecule has 4 heteroatoms. The lowest BCUT2D eigenvalue weighted by Crippen LogP contribution is -2.18. The van der Waals surface area contributed by atoms with Crippen LogP contribution in [0.5, 0.6) is 11.5 Å². The molecule has 1 aliphatic heterocycles. The van der Waals surface area contributed by atoms with E-state index in [1.807, 2.05) is 31.2 Å². The molecule has 1 N–H and O–H groups in total. The van der Waals surface area contributed by atoms with Crippen LogP contribution in [0.2, 0.25) is 0 Å². The van der Waals surface area contributed by atoms with Gasteiger partial charge < -0.3 is 14.8 Å². The second kappa shape index (κ2) is 6.95. The lowest BCUT2D eigenvalue weighted by molar-refractivity contribution is -0.117. The van der Waals surface area contributed by atoms with Crippen LogP contribution in [0.25, 0.3) is 0 Å². The monoisotopic (exact) mass is 325 g/mol. The Bertz CT molecular complexity index is 722. The summed E-state index contributed by atoms with van der Waals surface area (Å²) in [5.41, 5.74) is 3.03. The number of hydrogen-bond donors (Lipinski definition) is 1. The van der Waals surface area contributed by atoms with E-state index in [4.69, 9.17) is 9.47 Å². The maximum atomic E-state index is 12.5. The van der Waals surface area contributed by atoms with Crippen molar-refractivity contribution in [3.05, 3.63) is 53.6 Å². The van der Waals surface area contributed by atoms with E-state index in [-0.39, 0.29) is 18.6 Å². The van der Waals surface area contributed by atoms with Gasteiger partial charge in [-0.25, -0.2) is 0 Å². The van der Waals surface area contributed by atoms with E-state index in [0.29, 0.717) is 23.1 Å². The molecule has 4 nitrogen and oxygen atoms in total. The summed E-state index contributed by atoms with van der Waals surface area (Å²) in [7, 11) is 0. The first-order valence-corrected chi connectivity index (χ1v) is 8.32. The summed E-state index contributed by atoms with van der Waals surface area (Å²) in [5.74, 6) is 1.75. The molecule has 0 saturated heterocycles. The summed E-state index contributed by atoms with van der Waals surface area (Å²) >= 11 is 0. The van der Waals surface area contributed by atoms with Crippen LogP contribution in [-0.2, 0) is 11.2 Å². The standard InChI is InChI=1S/C20H23NO3/c1-13(2)10-15-4-6-16(7-5-15)14(3)20(22)21-17-8-9-18-19(11-17)24-12-23-18/h4-9,11,13-14H,10,12H2,1-3H3,(H,21,22)/t14-/m1/s1. The van der Waals surface area contributed by atoms with Crippen LogP contribution in [0.1, 0.15) is 37.8 Å². The summed E-state index contributed by atoms with van der Waals surface area (Å²) < 4.78 is 10.6. The molecule has 0 bridgehead atoms. The van der Waals surface area contributed by atoms with Crippen LogP contribution in [0.15, 0.2) is 42.5 Å². The third-order valence-electron chi connectivity index (χ3n) is 4.16. The number of ether oxygens (including phenoxy) is 2. The Hall–Kier alpha value is -2.49. The minimum Gasteiger partial charge on any atom is -0.454 e. The highest BCUT2D eigenvalue weighted by Crippen LogP contribution is 2.34. The zero-order valence-electron chi connectivity index (χ0n) is 14.3. The van der Waals surface area contributed by atoms with Crippen molar-refractivity contribution in [1.82, 2.24) is 0 Å². The van der Waals surface area contributed by atoms with Gasteiger partial charge in [0.15, 0.2) is 11.5 Å². The minimum atomic E-state index is -0.219. The molecule has 1 atom stereocenters. The van der Waals surface area contributed by atoms with Gasteiger partial charge in [0.1, 0.15) is 0 Å². The van der Waals surface area contributed by atoms with Gasteiger partial charge in [-0.05, 0) is 42.5 Å². The summed E-state index contributed by atoms with van der Waals surface area (Å²) in [6, 6.07) is 13.7. The fourth-order valence-corrected chi connectivity index (χ4v) is 2.79. The van der Waals surface area contributed by atoms with Crippen molar-refractivity contribution >= 4 is 11.6 Å². The highest BCUT2D eigenvalue weighted by molar-refractivity contribution is 5.95. The van der Waals surface area contributed by atoms with Crippen LogP contribution in [-0.4, -0.2) is 12.7 Å². The number of carbonyl (C=O) groups is 1. The first-order chi connectivity index (χ1) is 11.5. The van der Waals surface area contributed by atoms with Gasteiger partial charge in [0.25, 0.3) is 0 Å². The van der Waals surface area contributed by atoms with Gasteiger partial charge in [-0.15, -0.1) is 0 Å². The Morgan fingerprint density at radius 3 is 2.46 bits per heavy atom. The van der Waals surface area contributed by atoms with E-state index in [9.17, 15) is 4.79 Å². The largest absolute Gasteiger partial charge is 0.454 e. The normalized spacial score (nSPS) is 13.8. The van der Waals surface area contributed by atoms with Crippen LogP contribution in [0, 0.1) is 5.92 Å². The third-order valence-corrected chi connectivity index (χ3v) is 4.16. The fourth-order valence-electron chi connectivity index (χ4n) is 2.79. The highest BCUT2D eigenvalue weighted by atomic mass is 16.7. The van der Waals surface area contributed by atoms with Crippen molar-refractivity contribution in [1.29, 1.82) is 0 Å². The van der Waals surface area contributed by atoms with Crippen molar-refractivity contribution in [2.75, 3.05) is 12.1 Å². The molecule has 1 heterocycles. The van der Waals surface area contributed by atoms with Gasteiger partial charge in [-0.3, -0.25) is 4.79 Å². The molecule has 0 aliphatic carbocycles. The van der Waals surface area contributed by atoms with Crippen molar-refractivity contribution in [3.63, 3.8) is 0 Å². The number of amides is 1. The average molecular weight is 325 g/mol. The Morgan fingerprint density at radius 1 is 1.04 bits per heavy atom. The van der Waals surface area contributed by atoms with Crippen molar-refractivity contribution in [2.45, 2.75) is 33.1 Å². The Morgan fingerprint density at radius 2 is 1.75 bits per heavy atom. The summed E-state index contributed by atoms with van der Waals surface area (Å²) in [5, 5.41) is 2.94. The second-order valence-electron chi connectivity index (χ2n) is 6.62. The highest BCUT2D eigenvalue weighted by Gasteiger charge is 2.18. The topological polar surface area (TPSA) is 47.6 Å². The number of hydrogen-bond acceptors (Lipinski definition) is 3. The number of carbonyl (C=O) groups excluding carboxylic acids is 1. The van der Waals surface area contributed by atoms with E-state index in [1.54, 1.807) is 6.07 Å². The average Bonchev–Trinajstić information content (AvgIpc) is 3.02. The molecular formula is C20H23NO3. The Kier molecular flexibility index (Phi) is 4.74. The number of nitrogens with one attached hydrogen (secondary N) is 1. The predicted molar refractivity (Wildman–Crippen MR) is 94.6 cm³/mol. The summed E-state index contributed by atoms with van der Waals surface area (Å²) in [4.78, 5) is 12.5. The third kappa shape index (κ3) is 3.70. The molecule has 126 valence electrons. The lowest BCUT2D eigenvalue weighted by atomic mass is 9.96. The molecule has 1 amide bonds. The Labute approximate surface area is 142 Å². The molecule has 2 aromatic rings. The quantitative estimate of drug-likeness (QED) is 0.888. The fraction of sp³-hybridized carbons (Fsp3) is 0.350. The second-order valence-corrected chi connectivity index (χ2v) is 6.62. The van der Waals surface area contributed by atoms with Gasteiger partial charge in [0, 0.05) is 11.8 Å². The zero-order valence-corrected chi connectivity index (χ0v) is 14.3. The Balaban J connectivity index is 1.66. The molecule has 0 aromatic heterocycles. The van der Waals surface area contributed by atoms with Gasteiger partial charge in [0.2, 0.25) is 12.7 Å². The minimum absolute atomic E-state index is 0.0366. The first-order valence-electron chi connectivity index (χ1n) is 8.32. The van der Waals surface area contributed by atoms with E-state index in [2.05, 4.69) is 31.3 Å². The van der Waals surface area contributed by atoms with Gasteiger partial charge >= 0.3 is 0 Å². The first kappa shape index (κ1) is 16.4. The van der Waals surface area contributed by atoms with Crippen LogP contribution >= 0.6 is 0 Å². The molecule has 0 unspecified atom stereocenters. The van der Waals surface area contributed by atoms with Gasteiger partial charge in [0.05, 0.1) is 5.92 Å². The van der Waals surface area contributed by atoms with Crippen molar-refractivity contribution < 1.29 is 14.3 Å². The number of rotatable bonds is 5. The maximum Gasteiger partial charge on any atom is 0.231 e. The molecule has 0 fully saturated rings. The van der Waals surface area contributed by atoms with E-state index in [1.165, 1.54) is 5.56 Å². The zero-order chi connectivity index (χ0) is 17.1. The van der Waals surface area contributed by atoms with Gasteiger partial charge in [-0.2, -0.15) is 0 Å². The molecule has 0 spiro atoms. The van der Waals surface area contributed by atoms with Gasteiger partial charge in [-0.1, -0.05) is 38.1 Å². The molecule has 1 aliphatic rings. The van der Waals surface area contributed by atoms with E-state index in [0.717, 1.165) is 12.0 Å². The molecule has 0 saturated carbocycles. The number of anilines is 1. The smallest absolute Gasteiger partial charge is 0.231 e. The van der Waals surface area contributed by atoms with Crippen LogP contribution in [0.3, 0.4) is 0 Å². The molecular weight excluding hydrogens is 302 g/mol. The van der Waals surface area contributed by atoms with E-state index < -0.39 is 0 Å². The predicted octanol–water partition coefficient (Wildman–Crippen LogP) is 4.36. The van der Waals surface area contributed by atoms with Crippen LogP contribution < -0.4 is 14.8 Å². The number of fused-ring (bicyclic) bond motifs is 1. The molecule has 24 heavy (non-hydrogen) atoms. The number of benzene rings is 2. The molecule has 2 aromatic carbocycles. The lowest BCUT2D eigenvalue weighted by Gasteiger charge is -2.14. The molecule has 0 radical (unpaired) electrons. The summed E-state index contributed by atoms with van der Waals surface area (Å²) in [6.45, 7) is 6.55. The SMILES string of the molecule is CC(C)Cc1ccc([C@@H](C)C(=O)Nc2ccc3c(c2)OCO3)cc1. The van der Waals surface area contributed by atoms with Crippen molar-refractivity contribution in [2.24, 2.45) is 5.92 Å². The van der Waals surface area contributed by atoms with Crippen molar-refractivity contribution in [3.8, 4) is 11.5 Å².